The van der Waals surface area contributed by atoms with Crippen molar-refractivity contribution in [2.24, 2.45) is 5.92 Å². The number of aryl methyl sites for hydroxylation is 2. The number of rotatable bonds is 10. The average Bonchev–Trinajstić information content (AvgIpc) is 3.45. The molecule has 2 aliphatic rings. The molecule has 2 saturated heterocycles. The molecule has 1 aromatic heterocycles. The number of nitrogens with one attached hydrogen (secondary N) is 1. The summed E-state index contributed by atoms with van der Waals surface area (Å²) in [7, 11) is 0. The molecule has 5 heteroatoms. The standard InChI is InChI=1S/C34H38ClN3O/c35-28-15-13-26(14-16-28)23-36-34(39)32-24-37(33-10-5-4-9-31(32)33)19-6-20-38-29-17-18-30(38)22-27(21-29)12-11-25-7-2-1-3-8-25/h1-5,7-10,13-16,24,27,29-30H,6,11-12,17-23H2,(H,36,39). The van der Waals surface area contributed by atoms with Crippen molar-refractivity contribution in [3.05, 3.63) is 107 Å². The van der Waals surface area contributed by atoms with Gasteiger partial charge in [-0.3, -0.25) is 9.69 Å². The van der Waals surface area contributed by atoms with Crippen LogP contribution >= 0.6 is 11.6 Å². The summed E-state index contributed by atoms with van der Waals surface area (Å²) in [6.07, 6.45) is 11.1. The van der Waals surface area contributed by atoms with Crippen LogP contribution in [0, 0.1) is 5.92 Å². The molecule has 4 nitrogen and oxygen atoms in total. The highest BCUT2D eigenvalue weighted by molar-refractivity contribution is 6.30. The van der Waals surface area contributed by atoms with Crippen LogP contribution in [0.3, 0.4) is 0 Å². The van der Waals surface area contributed by atoms with Gasteiger partial charge in [0, 0.05) is 53.8 Å². The van der Waals surface area contributed by atoms with Crippen molar-refractivity contribution in [3.8, 4) is 0 Å². The van der Waals surface area contributed by atoms with E-state index in [0.29, 0.717) is 11.6 Å². The Morgan fingerprint density at radius 2 is 1.56 bits per heavy atom. The van der Waals surface area contributed by atoms with Crippen LogP contribution in [0.4, 0.5) is 0 Å². The van der Waals surface area contributed by atoms with E-state index >= 15 is 0 Å². The molecule has 0 radical (unpaired) electrons. The van der Waals surface area contributed by atoms with E-state index in [0.717, 1.165) is 59.5 Å². The number of nitrogens with zero attached hydrogens (tertiary/aromatic N) is 2. The third-order valence-electron chi connectivity index (χ3n) is 8.88. The zero-order chi connectivity index (χ0) is 26.6. The Balaban J connectivity index is 1.04. The second-order valence-corrected chi connectivity index (χ2v) is 11.8. The maximum absolute atomic E-state index is 13.1. The van der Waals surface area contributed by atoms with Crippen molar-refractivity contribution in [3.63, 3.8) is 0 Å². The van der Waals surface area contributed by atoms with Crippen LogP contribution in [0.5, 0.6) is 0 Å². The fraction of sp³-hybridized carbons (Fsp3) is 0.382. The molecule has 1 N–H and O–H groups in total. The van der Waals surface area contributed by atoms with Crippen molar-refractivity contribution in [2.45, 2.75) is 70.1 Å². The third kappa shape index (κ3) is 6.08. The zero-order valence-corrected chi connectivity index (χ0v) is 23.3. The van der Waals surface area contributed by atoms with Gasteiger partial charge in [-0.15, -0.1) is 0 Å². The molecule has 3 heterocycles. The minimum absolute atomic E-state index is 0.0319. The molecule has 0 aliphatic carbocycles. The number of aromatic nitrogens is 1. The van der Waals surface area contributed by atoms with Gasteiger partial charge in [0.05, 0.1) is 5.56 Å². The van der Waals surface area contributed by atoms with Crippen LogP contribution in [0.15, 0.2) is 85.1 Å². The van der Waals surface area contributed by atoms with Gasteiger partial charge >= 0.3 is 0 Å². The molecule has 2 fully saturated rings. The normalized spacial score (nSPS) is 20.9. The SMILES string of the molecule is O=C(NCc1ccc(Cl)cc1)c1cn(CCCN2C3CCC2CC(CCc2ccccc2)C3)c2ccccc12. The monoisotopic (exact) mass is 539 g/mol. The molecule has 1 amide bonds. The van der Waals surface area contributed by atoms with Gasteiger partial charge in [0.2, 0.25) is 0 Å². The van der Waals surface area contributed by atoms with Gasteiger partial charge in [0.1, 0.15) is 0 Å². The summed E-state index contributed by atoms with van der Waals surface area (Å²) in [6.45, 7) is 2.56. The number of amides is 1. The first kappa shape index (κ1) is 26.2. The van der Waals surface area contributed by atoms with E-state index in [1.165, 1.54) is 44.1 Å². The molecule has 202 valence electrons. The number of benzene rings is 3. The van der Waals surface area contributed by atoms with Crippen LogP contribution in [0.25, 0.3) is 10.9 Å². The highest BCUT2D eigenvalue weighted by Crippen LogP contribution is 2.40. The fourth-order valence-corrected chi connectivity index (χ4v) is 7.05. The summed E-state index contributed by atoms with van der Waals surface area (Å²) in [5.41, 5.74) is 4.40. The predicted molar refractivity (Wildman–Crippen MR) is 160 cm³/mol. The Labute approximate surface area is 237 Å². The van der Waals surface area contributed by atoms with E-state index in [1.54, 1.807) is 0 Å². The Bertz CT molecular complexity index is 1380. The van der Waals surface area contributed by atoms with Crippen LogP contribution in [-0.2, 0) is 19.5 Å². The van der Waals surface area contributed by atoms with E-state index in [1.807, 2.05) is 36.5 Å². The maximum atomic E-state index is 13.1. The molecule has 2 unspecified atom stereocenters. The van der Waals surface area contributed by atoms with E-state index in [4.69, 9.17) is 11.6 Å². The Kier molecular flexibility index (Phi) is 8.03. The lowest BCUT2D eigenvalue weighted by Gasteiger charge is -2.39. The number of para-hydroxylation sites is 1. The summed E-state index contributed by atoms with van der Waals surface area (Å²) < 4.78 is 2.28. The van der Waals surface area contributed by atoms with Gasteiger partial charge in [0.15, 0.2) is 0 Å². The quantitative estimate of drug-likeness (QED) is 0.227. The average molecular weight is 540 g/mol. The van der Waals surface area contributed by atoms with Crippen molar-refractivity contribution in [1.29, 1.82) is 0 Å². The first-order valence-electron chi connectivity index (χ1n) is 14.5. The van der Waals surface area contributed by atoms with Gasteiger partial charge in [-0.05, 0) is 80.2 Å². The first-order valence-corrected chi connectivity index (χ1v) is 14.9. The number of hydrogen-bond acceptors (Lipinski definition) is 2. The summed E-state index contributed by atoms with van der Waals surface area (Å²) in [5.74, 6) is 0.830. The topological polar surface area (TPSA) is 37.3 Å². The molecule has 6 rings (SSSR count). The molecule has 2 atom stereocenters. The molecular formula is C34H38ClN3O. The van der Waals surface area contributed by atoms with E-state index in [2.05, 4.69) is 63.3 Å². The van der Waals surface area contributed by atoms with Crippen LogP contribution in [-0.4, -0.2) is 34.0 Å². The zero-order valence-electron chi connectivity index (χ0n) is 22.6. The minimum Gasteiger partial charge on any atom is -0.348 e. The highest BCUT2D eigenvalue weighted by Gasteiger charge is 2.39. The maximum Gasteiger partial charge on any atom is 0.253 e. The second-order valence-electron chi connectivity index (χ2n) is 11.4. The molecule has 0 saturated carbocycles. The molecular weight excluding hydrogens is 502 g/mol. The minimum atomic E-state index is -0.0319. The fourth-order valence-electron chi connectivity index (χ4n) is 6.92. The number of carbonyl (C=O) groups excluding carboxylic acids is 1. The van der Waals surface area contributed by atoms with E-state index in [-0.39, 0.29) is 5.91 Å². The van der Waals surface area contributed by atoms with Gasteiger partial charge in [0.25, 0.3) is 5.91 Å². The van der Waals surface area contributed by atoms with Gasteiger partial charge < -0.3 is 9.88 Å². The number of piperidine rings is 1. The Morgan fingerprint density at radius 1 is 0.846 bits per heavy atom. The van der Waals surface area contributed by atoms with Crippen LogP contribution < -0.4 is 5.32 Å². The summed E-state index contributed by atoms with van der Waals surface area (Å²) in [6, 6.07) is 28.3. The molecule has 39 heavy (non-hydrogen) atoms. The highest BCUT2D eigenvalue weighted by atomic mass is 35.5. The number of halogens is 1. The lowest BCUT2D eigenvalue weighted by atomic mass is 9.86. The molecule has 3 aromatic carbocycles. The Hall–Kier alpha value is -3.08. The molecule has 2 aliphatic heterocycles. The number of carbonyl (C=O) groups is 1. The smallest absolute Gasteiger partial charge is 0.253 e. The van der Waals surface area contributed by atoms with Gasteiger partial charge in [-0.2, -0.15) is 0 Å². The third-order valence-corrected chi connectivity index (χ3v) is 9.13. The van der Waals surface area contributed by atoms with Crippen molar-refractivity contribution in [1.82, 2.24) is 14.8 Å². The Morgan fingerprint density at radius 3 is 2.33 bits per heavy atom. The number of hydrogen-bond donors (Lipinski definition) is 1. The van der Waals surface area contributed by atoms with Crippen LogP contribution in [0.1, 0.15) is 60.0 Å². The lowest BCUT2D eigenvalue weighted by Crippen LogP contribution is -2.43. The lowest BCUT2D eigenvalue weighted by molar-refractivity contribution is 0.0952. The van der Waals surface area contributed by atoms with Crippen molar-refractivity contribution < 1.29 is 4.79 Å². The largest absolute Gasteiger partial charge is 0.348 e. The van der Waals surface area contributed by atoms with E-state index in [9.17, 15) is 4.79 Å². The van der Waals surface area contributed by atoms with Crippen LogP contribution in [0.2, 0.25) is 5.02 Å². The van der Waals surface area contributed by atoms with Gasteiger partial charge in [-0.25, -0.2) is 0 Å². The summed E-state index contributed by atoms with van der Waals surface area (Å²) in [4.78, 5) is 16.0. The van der Waals surface area contributed by atoms with Crippen molar-refractivity contribution in [2.75, 3.05) is 6.54 Å². The summed E-state index contributed by atoms with van der Waals surface area (Å²) in [5, 5.41) is 4.81. The number of fused-ring (bicyclic) bond motifs is 3. The first-order chi connectivity index (χ1) is 19.1. The van der Waals surface area contributed by atoms with Gasteiger partial charge in [-0.1, -0.05) is 72.3 Å². The second kappa shape index (κ2) is 12.0. The summed E-state index contributed by atoms with van der Waals surface area (Å²) >= 11 is 6.00. The molecule has 2 bridgehead atoms. The van der Waals surface area contributed by atoms with Crippen molar-refractivity contribution >= 4 is 28.4 Å². The van der Waals surface area contributed by atoms with E-state index < -0.39 is 0 Å². The molecule has 0 spiro atoms. The predicted octanol–water partition coefficient (Wildman–Crippen LogP) is 7.49. The molecule has 4 aromatic rings.